The van der Waals surface area contributed by atoms with Crippen molar-refractivity contribution in [1.29, 1.82) is 0 Å². The fraction of sp³-hybridized carbons (Fsp3) is 0.441. The first kappa shape index (κ1) is 31.2. The van der Waals surface area contributed by atoms with Crippen LogP contribution in [0.25, 0.3) is 5.69 Å². The number of hydrogen-bond donors (Lipinski definition) is 1. The lowest BCUT2D eigenvalue weighted by molar-refractivity contribution is -0.150. The lowest BCUT2D eigenvalue weighted by atomic mass is 9.82. The highest BCUT2D eigenvalue weighted by Gasteiger charge is 2.67. The molecule has 0 radical (unpaired) electrons. The predicted octanol–water partition coefficient (Wildman–Crippen LogP) is 4.54. The number of amides is 2. The van der Waals surface area contributed by atoms with E-state index in [1.54, 1.807) is 41.2 Å². The summed E-state index contributed by atoms with van der Waals surface area (Å²) in [6.07, 6.45) is 2.42. The van der Waals surface area contributed by atoms with Gasteiger partial charge in [-0.3, -0.25) is 19.0 Å². The highest BCUT2D eigenvalue weighted by molar-refractivity contribution is 6.72. The van der Waals surface area contributed by atoms with Crippen molar-refractivity contribution in [1.82, 2.24) is 9.47 Å². The Bertz CT molecular complexity index is 1660. The summed E-state index contributed by atoms with van der Waals surface area (Å²) < 4.78 is 29.5. The van der Waals surface area contributed by atoms with Gasteiger partial charge in [0, 0.05) is 35.5 Å². The number of aliphatic hydroxyl groups is 1. The molecule has 2 fully saturated rings. The Morgan fingerprint density at radius 1 is 1.11 bits per heavy atom. The van der Waals surface area contributed by atoms with Crippen molar-refractivity contribution in [3.63, 3.8) is 0 Å². The number of pyridine rings is 1. The van der Waals surface area contributed by atoms with Gasteiger partial charge in [-0.15, -0.1) is 0 Å². The van der Waals surface area contributed by atoms with Crippen LogP contribution in [0.2, 0.25) is 18.6 Å². The largest absolute Gasteiger partial charge is 0.491 e. The number of hydrogen-bond acceptors (Lipinski definition) is 6. The predicted molar refractivity (Wildman–Crippen MR) is 171 cm³/mol. The Hall–Kier alpha value is -3.80. The Labute approximate surface area is 263 Å². The number of fused-ring (bicyclic) bond motifs is 2. The molecule has 2 amide bonds. The third kappa shape index (κ3) is 5.20. The van der Waals surface area contributed by atoms with Gasteiger partial charge in [-0.05, 0) is 61.8 Å². The molecule has 0 bridgehead atoms. The molecule has 0 aliphatic carbocycles. The summed E-state index contributed by atoms with van der Waals surface area (Å²) in [7, 11) is -1.97. The zero-order valence-corrected chi connectivity index (χ0v) is 27.1. The number of likely N-dealkylation sites (tertiary alicyclic amines) is 1. The average molecular weight is 634 g/mol. The van der Waals surface area contributed by atoms with E-state index in [1.807, 2.05) is 55.5 Å². The van der Waals surface area contributed by atoms with Crippen LogP contribution < -0.4 is 15.2 Å². The number of aromatic nitrogens is 1. The normalized spacial score (nSPS) is 26.1. The van der Waals surface area contributed by atoms with E-state index in [2.05, 4.69) is 0 Å². The zero-order chi connectivity index (χ0) is 32.1. The maximum atomic E-state index is 16.1. The van der Waals surface area contributed by atoms with Crippen molar-refractivity contribution in [3.05, 3.63) is 88.3 Å². The minimum atomic E-state index is -3.43. The minimum Gasteiger partial charge on any atom is -0.491 e. The van der Waals surface area contributed by atoms with E-state index >= 15 is 4.11 Å². The second-order valence-corrected chi connectivity index (χ2v) is 16.7. The van der Waals surface area contributed by atoms with Crippen LogP contribution in [0.4, 0.5) is 9.80 Å². The number of ether oxygens (including phenoxy) is 2. The summed E-state index contributed by atoms with van der Waals surface area (Å²) in [6.45, 7) is 5.82. The van der Waals surface area contributed by atoms with Crippen LogP contribution in [0, 0.1) is 5.92 Å². The Morgan fingerprint density at radius 2 is 1.84 bits per heavy atom. The summed E-state index contributed by atoms with van der Waals surface area (Å²) >= 11 is 0. The Balaban J connectivity index is 1.31. The van der Waals surface area contributed by atoms with E-state index in [4.69, 9.17) is 9.47 Å². The number of methoxy groups -OCH3 is 1. The maximum absolute atomic E-state index is 16.1. The van der Waals surface area contributed by atoms with Gasteiger partial charge in [0.1, 0.15) is 0 Å². The first-order chi connectivity index (χ1) is 21.5. The standard InChI is InChI=1S/C34H40FN3O6Si/c1-22-31(45(3,4)35)29(19-30(40)36-17-7-9-25(36)21-39)44-34(22)26-10-5-6-11-27(26)38(33(34)42)20-23-13-15-24(16-14-23)37-18-8-12-28(43-2)32(37)41/h5-6,8,10-16,18,22,25,29,31,39H,7,9,17,19-21H2,1-4H3/t22-,25-,29+,31-,34+/m0/s1. The van der Waals surface area contributed by atoms with Gasteiger partial charge >= 0.3 is 0 Å². The maximum Gasteiger partial charge on any atom is 0.297 e. The van der Waals surface area contributed by atoms with Crippen LogP contribution in [-0.2, 0) is 26.5 Å². The van der Waals surface area contributed by atoms with Gasteiger partial charge in [0.15, 0.2) is 11.4 Å². The fourth-order valence-corrected chi connectivity index (χ4v) is 10.3. The van der Waals surface area contributed by atoms with Crippen LogP contribution in [0.1, 0.15) is 37.3 Å². The zero-order valence-electron chi connectivity index (χ0n) is 26.1. The van der Waals surface area contributed by atoms with Crippen molar-refractivity contribution >= 4 is 25.9 Å². The smallest absolute Gasteiger partial charge is 0.297 e. The van der Waals surface area contributed by atoms with E-state index < -0.39 is 31.6 Å². The molecule has 1 spiro atoms. The van der Waals surface area contributed by atoms with Crippen molar-refractivity contribution in [2.45, 2.75) is 69.1 Å². The Morgan fingerprint density at radius 3 is 2.53 bits per heavy atom. The molecular weight excluding hydrogens is 593 g/mol. The third-order valence-corrected chi connectivity index (χ3v) is 12.3. The molecule has 9 nitrogen and oxygen atoms in total. The number of para-hydroxylation sites is 1. The summed E-state index contributed by atoms with van der Waals surface area (Å²) in [4.78, 5) is 44.1. The van der Waals surface area contributed by atoms with Crippen LogP contribution in [0.15, 0.2) is 71.7 Å². The molecule has 5 atom stereocenters. The first-order valence-electron chi connectivity index (χ1n) is 15.5. The fourth-order valence-electron chi connectivity index (χ4n) is 7.78. The molecule has 1 aromatic heterocycles. The molecule has 11 heteroatoms. The van der Waals surface area contributed by atoms with Crippen LogP contribution in [0.5, 0.6) is 5.75 Å². The van der Waals surface area contributed by atoms with Gasteiger partial charge < -0.3 is 28.5 Å². The van der Waals surface area contributed by atoms with E-state index in [1.165, 1.54) is 11.7 Å². The summed E-state index contributed by atoms with van der Waals surface area (Å²) in [6, 6.07) is 18.0. The summed E-state index contributed by atoms with van der Waals surface area (Å²) in [5.74, 6) is -0.704. The van der Waals surface area contributed by atoms with Crippen molar-refractivity contribution in [2.75, 3.05) is 25.2 Å². The second-order valence-electron chi connectivity index (χ2n) is 12.9. The SMILES string of the molecule is COc1cccn(-c2ccc(CN3C(=O)[C@]4(O[C@H](CC(=O)N5CCC[C@H]5CO)[C@@H]([Si](C)(C)F)[C@@H]4C)c4ccccc43)cc2)c1=O. The molecule has 2 aromatic carbocycles. The number of carbonyl (C=O) groups is 2. The monoisotopic (exact) mass is 633 g/mol. The molecule has 0 unspecified atom stereocenters. The number of halogens is 1. The molecule has 1 N–H and O–H groups in total. The van der Waals surface area contributed by atoms with Gasteiger partial charge in [-0.1, -0.05) is 37.3 Å². The minimum absolute atomic E-state index is 0.0336. The Kier molecular flexibility index (Phi) is 8.21. The van der Waals surface area contributed by atoms with E-state index in [0.29, 0.717) is 23.5 Å². The number of aliphatic hydroxyl groups excluding tert-OH is 1. The molecular formula is C34H40FN3O6Si. The number of benzene rings is 2. The van der Waals surface area contributed by atoms with Crippen LogP contribution >= 0.6 is 0 Å². The third-order valence-electron chi connectivity index (χ3n) is 9.84. The average Bonchev–Trinajstić information content (AvgIpc) is 3.68. The van der Waals surface area contributed by atoms with Crippen molar-refractivity contribution in [3.8, 4) is 11.4 Å². The molecule has 3 aromatic rings. The quantitative estimate of drug-likeness (QED) is 0.289. The topological polar surface area (TPSA) is 101 Å². The van der Waals surface area contributed by atoms with Gasteiger partial charge in [0.05, 0.1) is 44.5 Å². The van der Waals surface area contributed by atoms with E-state index in [9.17, 15) is 19.5 Å². The number of anilines is 1. The second kappa shape index (κ2) is 11.8. The summed E-state index contributed by atoms with van der Waals surface area (Å²) in [5.41, 5.74) is 0.608. The van der Waals surface area contributed by atoms with Crippen LogP contribution in [-0.4, -0.2) is 67.2 Å². The molecule has 6 rings (SSSR count). The summed E-state index contributed by atoms with van der Waals surface area (Å²) in [5, 5.41) is 9.79. The molecule has 4 heterocycles. The highest BCUT2D eigenvalue weighted by Crippen LogP contribution is 2.60. The molecule has 45 heavy (non-hydrogen) atoms. The molecule has 3 aliphatic heterocycles. The number of carbonyl (C=O) groups excluding carboxylic acids is 2. The number of rotatable bonds is 8. The molecule has 2 saturated heterocycles. The van der Waals surface area contributed by atoms with Crippen molar-refractivity contribution in [2.24, 2.45) is 5.92 Å². The van der Waals surface area contributed by atoms with Gasteiger partial charge in [0.25, 0.3) is 11.5 Å². The molecule has 0 saturated carbocycles. The molecule has 3 aliphatic rings. The lowest BCUT2D eigenvalue weighted by Gasteiger charge is -2.31. The first-order valence-corrected chi connectivity index (χ1v) is 18.5. The van der Waals surface area contributed by atoms with E-state index in [0.717, 1.165) is 18.4 Å². The number of nitrogens with zero attached hydrogens (tertiary/aromatic N) is 3. The highest BCUT2D eigenvalue weighted by atomic mass is 28.4. The van der Waals surface area contributed by atoms with Gasteiger partial charge in [-0.25, -0.2) is 0 Å². The molecule has 238 valence electrons. The van der Waals surface area contributed by atoms with Crippen LogP contribution in [0.3, 0.4) is 0 Å². The van der Waals surface area contributed by atoms with Gasteiger partial charge in [-0.2, -0.15) is 0 Å². The van der Waals surface area contributed by atoms with Gasteiger partial charge in [0.2, 0.25) is 14.3 Å². The van der Waals surface area contributed by atoms with E-state index in [-0.39, 0.29) is 48.7 Å². The van der Waals surface area contributed by atoms with Crippen molar-refractivity contribution < 1.29 is 28.3 Å². The lowest BCUT2D eigenvalue weighted by Crippen LogP contribution is -2.45.